The zero-order chi connectivity index (χ0) is 16.3. The van der Waals surface area contributed by atoms with Gasteiger partial charge in [0.1, 0.15) is 5.69 Å². The standard InChI is InChI=1S/C18H26N2O3/c1-3-22-13-18-9-5-11-23-16(18)8-10-20(12-18)17(21)15-7-4-6-14(2)19-15/h4,6-7,16H,3,5,8-13H2,1-2H3/t16-,18-/m0/s1. The summed E-state index contributed by atoms with van der Waals surface area (Å²) in [6.07, 6.45) is 3.18. The van der Waals surface area contributed by atoms with E-state index in [4.69, 9.17) is 9.47 Å². The Bertz CT molecular complexity index is 563. The summed E-state index contributed by atoms with van der Waals surface area (Å²) in [5.74, 6) is 0.0218. The number of carbonyl (C=O) groups excluding carboxylic acids is 1. The van der Waals surface area contributed by atoms with Crippen molar-refractivity contribution >= 4 is 5.91 Å². The maximum absolute atomic E-state index is 12.8. The Balaban J connectivity index is 1.78. The Morgan fingerprint density at radius 1 is 1.52 bits per heavy atom. The summed E-state index contributed by atoms with van der Waals surface area (Å²) in [4.78, 5) is 19.1. The highest BCUT2D eigenvalue weighted by Gasteiger charge is 2.47. The Kier molecular flexibility index (Phi) is 4.97. The van der Waals surface area contributed by atoms with Crippen molar-refractivity contribution in [3.63, 3.8) is 0 Å². The van der Waals surface area contributed by atoms with Gasteiger partial charge in [0.05, 0.1) is 12.7 Å². The normalized spacial score (nSPS) is 27.6. The topological polar surface area (TPSA) is 51.7 Å². The van der Waals surface area contributed by atoms with E-state index in [1.54, 1.807) is 6.07 Å². The first-order chi connectivity index (χ1) is 11.1. The van der Waals surface area contributed by atoms with Gasteiger partial charge < -0.3 is 14.4 Å². The zero-order valence-corrected chi connectivity index (χ0v) is 14.1. The van der Waals surface area contributed by atoms with Crippen LogP contribution in [0.2, 0.25) is 0 Å². The monoisotopic (exact) mass is 318 g/mol. The van der Waals surface area contributed by atoms with Crippen LogP contribution in [0.3, 0.4) is 0 Å². The molecule has 0 saturated carbocycles. The lowest BCUT2D eigenvalue weighted by atomic mass is 9.73. The molecule has 0 aliphatic carbocycles. The van der Waals surface area contributed by atoms with Crippen molar-refractivity contribution in [2.45, 2.75) is 39.2 Å². The molecule has 0 unspecified atom stereocenters. The number of likely N-dealkylation sites (tertiary alicyclic amines) is 1. The quantitative estimate of drug-likeness (QED) is 0.855. The second-order valence-corrected chi connectivity index (χ2v) is 6.64. The van der Waals surface area contributed by atoms with Crippen LogP contribution in [-0.4, -0.2) is 54.8 Å². The smallest absolute Gasteiger partial charge is 0.272 e. The van der Waals surface area contributed by atoms with Crippen LogP contribution in [0.15, 0.2) is 18.2 Å². The van der Waals surface area contributed by atoms with Crippen LogP contribution in [0.5, 0.6) is 0 Å². The summed E-state index contributed by atoms with van der Waals surface area (Å²) in [6, 6.07) is 5.60. The van der Waals surface area contributed by atoms with E-state index in [2.05, 4.69) is 4.98 Å². The minimum atomic E-state index is -0.0635. The van der Waals surface area contributed by atoms with Crippen molar-refractivity contribution in [2.75, 3.05) is 32.9 Å². The molecule has 2 atom stereocenters. The van der Waals surface area contributed by atoms with Crippen LogP contribution in [0.25, 0.3) is 0 Å². The molecule has 1 aromatic heterocycles. The van der Waals surface area contributed by atoms with Gasteiger partial charge in [0.15, 0.2) is 0 Å². The van der Waals surface area contributed by atoms with Gasteiger partial charge in [0.2, 0.25) is 0 Å². The van der Waals surface area contributed by atoms with Crippen LogP contribution >= 0.6 is 0 Å². The fourth-order valence-corrected chi connectivity index (χ4v) is 3.80. The van der Waals surface area contributed by atoms with E-state index in [0.29, 0.717) is 25.5 Å². The lowest BCUT2D eigenvalue weighted by Gasteiger charge is -2.50. The molecule has 1 amide bonds. The Morgan fingerprint density at radius 3 is 3.17 bits per heavy atom. The van der Waals surface area contributed by atoms with Crippen LogP contribution in [0, 0.1) is 12.3 Å². The Morgan fingerprint density at radius 2 is 2.39 bits per heavy atom. The van der Waals surface area contributed by atoms with Gasteiger partial charge in [-0.05, 0) is 45.2 Å². The summed E-state index contributed by atoms with van der Waals surface area (Å²) in [5, 5.41) is 0. The van der Waals surface area contributed by atoms with Gasteiger partial charge in [-0.3, -0.25) is 4.79 Å². The van der Waals surface area contributed by atoms with Gasteiger partial charge >= 0.3 is 0 Å². The predicted molar refractivity (Wildman–Crippen MR) is 87.4 cm³/mol. The van der Waals surface area contributed by atoms with Crippen molar-refractivity contribution in [1.29, 1.82) is 0 Å². The number of fused-ring (bicyclic) bond motifs is 1. The van der Waals surface area contributed by atoms with Crippen LogP contribution in [-0.2, 0) is 9.47 Å². The molecule has 3 heterocycles. The molecular formula is C18H26N2O3. The van der Waals surface area contributed by atoms with E-state index in [0.717, 1.165) is 38.1 Å². The fraction of sp³-hybridized carbons (Fsp3) is 0.667. The SMILES string of the molecule is CCOC[C@@]12CCCO[C@H]1CCN(C(=O)c1cccc(C)n1)C2. The first kappa shape index (κ1) is 16.4. The first-order valence-electron chi connectivity index (χ1n) is 8.57. The van der Waals surface area contributed by atoms with Gasteiger partial charge in [0.25, 0.3) is 5.91 Å². The average molecular weight is 318 g/mol. The minimum absolute atomic E-state index is 0.0218. The molecule has 0 radical (unpaired) electrons. The fourth-order valence-electron chi connectivity index (χ4n) is 3.80. The highest BCUT2D eigenvalue weighted by molar-refractivity contribution is 5.92. The summed E-state index contributed by atoms with van der Waals surface area (Å²) in [7, 11) is 0. The number of aryl methyl sites for hydroxylation is 1. The van der Waals surface area contributed by atoms with Gasteiger partial charge in [0, 0.05) is 37.4 Å². The number of piperidine rings is 1. The molecule has 2 fully saturated rings. The van der Waals surface area contributed by atoms with Gasteiger partial charge in [-0.25, -0.2) is 4.98 Å². The van der Waals surface area contributed by atoms with Crippen molar-refractivity contribution < 1.29 is 14.3 Å². The average Bonchev–Trinajstić information content (AvgIpc) is 2.59. The molecule has 0 spiro atoms. The molecule has 2 saturated heterocycles. The molecule has 5 nitrogen and oxygen atoms in total. The van der Waals surface area contributed by atoms with E-state index in [1.165, 1.54) is 0 Å². The van der Waals surface area contributed by atoms with Crippen molar-refractivity contribution in [3.8, 4) is 0 Å². The Hall–Kier alpha value is -1.46. The molecule has 0 bridgehead atoms. The third kappa shape index (κ3) is 3.40. The summed E-state index contributed by atoms with van der Waals surface area (Å²) in [6.45, 7) is 7.54. The number of hydrogen-bond acceptors (Lipinski definition) is 4. The molecule has 0 N–H and O–H groups in total. The highest BCUT2D eigenvalue weighted by atomic mass is 16.5. The maximum Gasteiger partial charge on any atom is 0.272 e. The number of carbonyl (C=O) groups is 1. The third-order valence-corrected chi connectivity index (χ3v) is 4.98. The largest absolute Gasteiger partial charge is 0.381 e. The zero-order valence-electron chi connectivity index (χ0n) is 14.1. The van der Waals surface area contributed by atoms with Gasteiger partial charge in [-0.1, -0.05) is 6.07 Å². The molecule has 1 aromatic rings. The number of rotatable bonds is 4. The van der Waals surface area contributed by atoms with Crippen LogP contribution < -0.4 is 0 Å². The van der Waals surface area contributed by atoms with Crippen molar-refractivity contribution in [3.05, 3.63) is 29.6 Å². The predicted octanol–water partition coefficient (Wildman–Crippen LogP) is 2.44. The highest BCUT2D eigenvalue weighted by Crippen LogP contribution is 2.40. The molecule has 23 heavy (non-hydrogen) atoms. The lowest BCUT2D eigenvalue weighted by Crippen LogP contribution is -2.58. The Labute approximate surface area is 138 Å². The molecule has 5 heteroatoms. The maximum atomic E-state index is 12.8. The summed E-state index contributed by atoms with van der Waals surface area (Å²) >= 11 is 0. The number of pyridine rings is 1. The second-order valence-electron chi connectivity index (χ2n) is 6.64. The van der Waals surface area contributed by atoms with E-state index in [1.807, 2.05) is 30.9 Å². The summed E-state index contributed by atoms with van der Waals surface area (Å²) in [5.41, 5.74) is 1.34. The number of amides is 1. The molecular weight excluding hydrogens is 292 g/mol. The molecule has 3 rings (SSSR count). The lowest BCUT2D eigenvalue weighted by molar-refractivity contribution is -0.146. The third-order valence-electron chi connectivity index (χ3n) is 4.98. The first-order valence-corrected chi connectivity index (χ1v) is 8.57. The van der Waals surface area contributed by atoms with Gasteiger partial charge in [-0.15, -0.1) is 0 Å². The minimum Gasteiger partial charge on any atom is -0.381 e. The number of hydrogen-bond donors (Lipinski definition) is 0. The van der Waals surface area contributed by atoms with E-state index in [-0.39, 0.29) is 17.4 Å². The van der Waals surface area contributed by atoms with Crippen LogP contribution in [0.4, 0.5) is 0 Å². The van der Waals surface area contributed by atoms with E-state index in [9.17, 15) is 4.79 Å². The van der Waals surface area contributed by atoms with Crippen molar-refractivity contribution in [2.24, 2.45) is 5.41 Å². The molecule has 126 valence electrons. The van der Waals surface area contributed by atoms with Crippen LogP contribution in [0.1, 0.15) is 42.4 Å². The summed E-state index contributed by atoms with van der Waals surface area (Å²) < 4.78 is 11.8. The molecule has 2 aliphatic heterocycles. The van der Waals surface area contributed by atoms with E-state index < -0.39 is 0 Å². The number of aromatic nitrogens is 1. The second kappa shape index (κ2) is 6.97. The van der Waals surface area contributed by atoms with E-state index >= 15 is 0 Å². The molecule has 0 aromatic carbocycles. The number of nitrogens with zero attached hydrogens (tertiary/aromatic N) is 2. The van der Waals surface area contributed by atoms with Crippen molar-refractivity contribution in [1.82, 2.24) is 9.88 Å². The molecule has 2 aliphatic rings. The van der Waals surface area contributed by atoms with Gasteiger partial charge in [-0.2, -0.15) is 0 Å². The number of ether oxygens (including phenoxy) is 2.